The van der Waals surface area contributed by atoms with Gasteiger partial charge in [0.2, 0.25) is 5.91 Å². The largest absolute Gasteiger partial charge is 0.325 e. The van der Waals surface area contributed by atoms with Gasteiger partial charge in [-0.3, -0.25) is 9.69 Å². The van der Waals surface area contributed by atoms with E-state index in [1.807, 2.05) is 17.6 Å². The van der Waals surface area contributed by atoms with Gasteiger partial charge in [0.05, 0.1) is 17.2 Å². The number of aromatic nitrogens is 1. The smallest absolute Gasteiger partial charge is 0.241 e. The van der Waals surface area contributed by atoms with E-state index >= 15 is 0 Å². The Kier molecular flexibility index (Phi) is 10.1. The number of halogens is 2. The number of carbonyl (C=O) groups excluding carboxylic acids is 1. The molecule has 1 fully saturated rings. The number of nitrogens with one attached hydrogen (secondary N) is 2. The summed E-state index contributed by atoms with van der Waals surface area (Å²) < 4.78 is 0. The summed E-state index contributed by atoms with van der Waals surface area (Å²) >= 11 is 1.62. The predicted molar refractivity (Wildman–Crippen MR) is 112 cm³/mol. The van der Waals surface area contributed by atoms with Crippen LogP contribution in [0.4, 0.5) is 5.69 Å². The summed E-state index contributed by atoms with van der Waals surface area (Å²) in [5.74, 6) is 0.0719. The van der Waals surface area contributed by atoms with Gasteiger partial charge in [-0.05, 0) is 44.1 Å². The highest BCUT2D eigenvalue weighted by Gasteiger charge is 2.20. The molecule has 5 nitrogen and oxygen atoms in total. The molecule has 0 saturated carbocycles. The second-order valence-electron chi connectivity index (χ2n) is 6.34. The molecule has 8 heteroatoms. The van der Waals surface area contributed by atoms with Crippen LogP contribution >= 0.6 is 36.2 Å². The van der Waals surface area contributed by atoms with Crippen molar-refractivity contribution in [2.45, 2.75) is 38.4 Å². The van der Waals surface area contributed by atoms with E-state index in [9.17, 15) is 4.79 Å². The summed E-state index contributed by atoms with van der Waals surface area (Å²) in [6.45, 7) is 2.58. The van der Waals surface area contributed by atoms with Crippen LogP contribution in [-0.4, -0.2) is 35.4 Å². The number of piperidine rings is 1. The Hall–Kier alpha value is -1.18. The summed E-state index contributed by atoms with van der Waals surface area (Å²) in [4.78, 5) is 18.9. The van der Waals surface area contributed by atoms with Crippen molar-refractivity contribution in [3.05, 3.63) is 46.4 Å². The van der Waals surface area contributed by atoms with Gasteiger partial charge in [-0.15, -0.1) is 36.2 Å². The summed E-state index contributed by atoms with van der Waals surface area (Å²) in [5, 5.41) is 8.40. The quantitative estimate of drug-likeness (QED) is 0.753. The monoisotopic (exact) mass is 416 g/mol. The fourth-order valence-corrected chi connectivity index (χ4v) is 3.56. The zero-order chi connectivity index (χ0) is 16.8. The van der Waals surface area contributed by atoms with Gasteiger partial charge in [-0.2, -0.15) is 0 Å². The molecule has 144 valence electrons. The molecule has 0 radical (unpaired) electrons. The molecule has 3 rings (SSSR count). The van der Waals surface area contributed by atoms with Gasteiger partial charge in [0.1, 0.15) is 0 Å². The second-order valence-corrected chi connectivity index (χ2v) is 7.06. The van der Waals surface area contributed by atoms with Gasteiger partial charge in [-0.1, -0.05) is 18.6 Å². The van der Waals surface area contributed by atoms with Crippen molar-refractivity contribution in [2.24, 2.45) is 0 Å². The predicted octanol–water partition coefficient (Wildman–Crippen LogP) is 3.70. The Balaban J connectivity index is 0.00000169. The van der Waals surface area contributed by atoms with Crippen LogP contribution < -0.4 is 10.6 Å². The molecular weight excluding hydrogens is 391 g/mol. The SMILES string of the molecule is CN(Cc1cccc(NC(=O)[C@H]2CCCCN2)c1)Cc1cscn1.Cl.Cl. The Morgan fingerprint density at radius 2 is 2.19 bits per heavy atom. The maximum atomic E-state index is 12.3. The molecule has 1 aliphatic heterocycles. The average molecular weight is 417 g/mol. The van der Waals surface area contributed by atoms with Crippen molar-refractivity contribution in [3.63, 3.8) is 0 Å². The molecule has 26 heavy (non-hydrogen) atoms. The number of thiazole rings is 1. The third-order valence-electron chi connectivity index (χ3n) is 4.19. The molecule has 0 unspecified atom stereocenters. The van der Waals surface area contributed by atoms with Crippen molar-refractivity contribution < 1.29 is 4.79 Å². The van der Waals surface area contributed by atoms with E-state index in [2.05, 4.69) is 45.1 Å². The molecule has 2 N–H and O–H groups in total. The van der Waals surface area contributed by atoms with E-state index < -0.39 is 0 Å². The minimum absolute atomic E-state index is 0. The summed E-state index contributed by atoms with van der Waals surface area (Å²) in [7, 11) is 2.08. The van der Waals surface area contributed by atoms with Crippen molar-refractivity contribution in [1.82, 2.24) is 15.2 Å². The van der Waals surface area contributed by atoms with Gasteiger partial charge in [0.15, 0.2) is 0 Å². The Morgan fingerprint density at radius 1 is 1.35 bits per heavy atom. The van der Waals surface area contributed by atoms with E-state index in [1.54, 1.807) is 11.3 Å². The first kappa shape index (κ1) is 22.9. The second kappa shape index (κ2) is 11.5. The first-order valence-electron chi connectivity index (χ1n) is 8.39. The fraction of sp³-hybridized carbons (Fsp3) is 0.444. The highest BCUT2D eigenvalue weighted by atomic mass is 35.5. The standard InChI is InChI=1S/C18H24N4OS.2ClH/c1-22(11-16-12-24-13-20-16)10-14-5-4-6-15(9-14)21-18(23)17-7-2-3-8-19-17;;/h4-6,9,12-13,17,19H,2-3,7-8,10-11H2,1H3,(H,21,23);2*1H/t17-;;/m1../s1. The topological polar surface area (TPSA) is 57.3 Å². The molecule has 1 atom stereocenters. The van der Waals surface area contributed by atoms with Gasteiger partial charge in [0.25, 0.3) is 0 Å². The Labute approximate surface area is 171 Å². The average Bonchev–Trinajstić information content (AvgIpc) is 3.08. The van der Waals surface area contributed by atoms with Crippen LogP contribution in [0.1, 0.15) is 30.5 Å². The van der Waals surface area contributed by atoms with E-state index in [4.69, 9.17) is 0 Å². The molecule has 1 aromatic heterocycles. The summed E-state index contributed by atoms with van der Waals surface area (Å²) in [6.07, 6.45) is 3.19. The molecule has 0 spiro atoms. The third kappa shape index (κ3) is 6.85. The molecule has 2 heterocycles. The molecule has 0 aliphatic carbocycles. The molecule has 1 aliphatic rings. The van der Waals surface area contributed by atoms with E-state index in [1.165, 1.54) is 5.56 Å². The lowest BCUT2D eigenvalue weighted by molar-refractivity contribution is -0.118. The molecule has 0 bridgehead atoms. The van der Waals surface area contributed by atoms with E-state index in [-0.39, 0.29) is 36.8 Å². The van der Waals surface area contributed by atoms with Crippen molar-refractivity contribution in [1.29, 1.82) is 0 Å². The first-order chi connectivity index (χ1) is 11.7. The number of nitrogens with zero attached hydrogens (tertiary/aromatic N) is 2. The normalized spacial score (nSPS) is 16.5. The Morgan fingerprint density at radius 3 is 2.88 bits per heavy atom. The zero-order valence-corrected chi connectivity index (χ0v) is 17.3. The van der Waals surface area contributed by atoms with Gasteiger partial charge in [0, 0.05) is 24.2 Å². The number of amides is 1. The van der Waals surface area contributed by atoms with Crippen molar-refractivity contribution in [3.8, 4) is 0 Å². The van der Waals surface area contributed by atoms with Crippen LogP contribution in [0.15, 0.2) is 35.2 Å². The highest BCUT2D eigenvalue weighted by Crippen LogP contribution is 2.15. The lowest BCUT2D eigenvalue weighted by Crippen LogP contribution is -2.43. The van der Waals surface area contributed by atoms with Crippen LogP contribution in [0.2, 0.25) is 0 Å². The highest BCUT2D eigenvalue weighted by molar-refractivity contribution is 7.07. The maximum Gasteiger partial charge on any atom is 0.241 e. The lowest BCUT2D eigenvalue weighted by atomic mass is 10.0. The molecule has 1 saturated heterocycles. The first-order valence-corrected chi connectivity index (χ1v) is 9.34. The zero-order valence-electron chi connectivity index (χ0n) is 14.8. The van der Waals surface area contributed by atoms with E-state index in [0.717, 1.165) is 50.3 Å². The van der Waals surface area contributed by atoms with Crippen LogP contribution in [0.25, 0.3) is 0 Å². The number of benzene rings is 1. The van der Waals surface area contributed by atoms with Crippen LogP contribution in [0, 0.1) is 0 Å². The number of rotatable bonds is 6. The van der Waals surface area contributed by atoms with Crippen LogP contribution in [-0.2, 0) is 17.9 Å². The number of hydrogen-bond donors (Lipinski definition) is 2. The summed E-state index contributed by atoms with van der Waals surface area (Å²) in [5.41, 5.74) is 5.00. The number of carbonyl (C=O) groups is 1. The maximum absolute atomic E-state index is 12.3. The fourth-order valence-electron chi connectivity index (χ4n) is 3.01. The van der Waals surface area contributed by atoms with Crippen LogP contribution in [0.3, 0.4) is 0 Å². The van der Waals surface area contributed by atoms with Crippen LogP contribution in [0.5, 0.6) is 0 Å². The van der Waals surface area contributed by atoms with Gasteiger partial charge in [-0.25, -0.2) is 4.98 Å². The minimum atomic E-state index is -0.0604. The summed E-state index contributed by atoms with van der Waals surface area (Å²) in [6, 6.07) is 8.03. The minimum Gasteiger partial charge on any atom is -0.325 e. The lowest BCUT2D eigenvalue weighted by Gasteiger charge is -2.22. The van der Waals surface area contributed by atoms with Crippen molar-refractivity contribution >= 4 is 47.7 Å². The molecule has 1 aromatic carbocycles. The Bertz CT molecular complexity index is 663. The van der Waals surface area contributed by atoms with Crippen molar-refractivity contribution in [2.75, 3.05) is 18.9 Å². The third-order valence-corrected chi connectivity index (χ3v) is 4.82. The molecule has 2 aromatic rings. The van der Waals surface area contributed by atoms with Gasteiger partial charge >= 0.3 is 0 Å². The molecular formula is C18H26Cl2N4OS. The van der Waals surface area contributed by atoms with Gasteiger partial charge < -0.3 is 10.6 Å². The van der Waals surface area contributed by atoms with E-state index in [0.29, 0.717) is 0 Å². The number of anilines is 1. The number of hydrogen-bond acceptors (Lipinski definition) is 5. The molecule has 1 amide bonds.